The van der Waals surface area contributed by atoms with Crippen LogP contribution in [0.5, 0.6) is 0 Å². The standard InChI is InChI=1S/C16H24N2OS/c1-13(2)18-7-6-17(10-14(18)3)11-16-9-15(12-20-16)5-4-8-19/h9,12-14,19H,6-8,10-11H2,1-3H3/t14-/m1/s1. The molecular weight excluding hydrogens is 268 g/mol. The van der Waals surface area contributed by atoms with Gasteiger partial charge in [-0.25, -0.2) is 0 Å². The Morgan fingerprint density at radius 3 is 2.90 bits per heavy atom. The molecule has 1 saturated heterocycles. The molecular formula is C16H24N2OS. The molecule has 0 aliphatic carbocycles. The van der Waals surface area contributed by atoms with Gasteiger partial charge in [0.1, 0.15) is 6.61 Å². The Kier molecular flexibility index (Phi) is 5.62. The molecule has 0 radical (unpaired) electrons. The van der Waals surface area contributed by atoms with Crippen LogP contribution in [0.3, 0.4) is 0 Å². The van der Waals surface area contributed by atoms with Gasteiger partial charge in [0.15, 0.2) is 0 Å². The van der Waals surface area contributed by atoms with Crippen molar-refractivity contribution in [2.24, 2.45) is 0 Å². The minimum absolute atomic E-state index is 0.0696. The average Bonchev–Trinajstić information content (AvgIpc) is 2.83. The summed E-state index contributed by atoms with van der Waals surface area (Å²) in [5.41, 5.74) is 1.02. The summed E-state index contributed by atoms with van der Waals surface area (Å²) < 4.78 is 0. The lowest BCUT2D eigenvalue weighted by Gasteiger charge is -2.42. The zero-order valence-electron chi connectivity index (χ0n) is 12.6. The van der Waals surface area contributed by atoms with E-state index in [2.05, 4.69) is 53.9 Å². The summed E-state index contributed by atoms with van der Waals surface area (Å²) in [5, 5.41) is 10.8. The number of aliphatic hydroxyl groups is 1. The maximum atomic E-state index is 8.71. The number of nitrogens with zero attached hydrogens (tertiary/aromatic N) is 2. The Bertz CT molecular complexity index is 486. The van der Waals surface area contributed by atoms with E-state index in [9.17, 15) is 0 Å². The van der Waals surface area contributed by atoms with Crippen LogP contribution in [-0.2, 0) is 6.54 Å². The largest absolute Gasteiger partial charge is 0.384 e. The predicted octanol–water partition coefficient (Wildman–Crippen LogP) is 2.01. The van der Waals surface area contributed by atoms with E-state index in [4.69, 9.17) is 5.11 Å². The van der Waals surface area contributed by atoms with Gasteiger partial charge in [0.2, 0.25) is 0 Å². The van der Waals surface area contributed by atoms with Crippen molar-refractivity contribution in [1.82, 2.24) is 9.80 Å². The van der Waals surface area contributed by atoms with E-state index in [0.717, 1.165) is 31.7 Å². The summed E-state index contributed by atoms with van der Waals surface area (Å²) in [4.78, 5) is 6.46. The third-order valence-corrected chi connectivity index (χ3v) is 4.69. The molecule has 0 spiro atoms. The van der Waals surface area contributed by atoms with Gasteiger partial charge in [0.25, 0.3) is 0 Å². The molecule has 1 fully saturated rings. The van der Waals surface area contributed by atoms with E-state index in [-0.39, 0.29) is 6.61 Å². The Hall–Kier alpha value is -0.860. The second-order valence-corrected chi connectivity index (χ2v) is 6.67. The van der Waals surface area contributed by atoms with Gasteiger partial charge >= 0.3 is 0 Å². The molecule has 1 aromatic rings. The van der Waals surface area contributed by atoms with E-state index < -0.39 is 0 Å². The molecule has 0 unspecified atom stereocenters. The average molecular weight is 292 g/mol. The molecule has 0 bridgehead atoms. The Balaban J connectivity index is 1.90. The summed E-state index contributed by atoms with van der Waals surface area (Å²) in [6, 6.07) is 3.40. The fourth-order valence-corrected chi connectivity index (χ4v) is 3.71. The number of hydrogen-bond acceptors (Lipinski definition) is 4. The molecule has 3 nitrogen and oxygen atoms in total. The molecule has 0 aromatic carbocycles. The van der Waals surface area contributed by atoms with Crippen LogP contribution < -0.4 is 0 Å². The Labute approximate surface area is 126 Å². The molecule has 0 saturated carbocycles. The molecule has 2 rings (SSSR count). The van der Waals surface area contributed by atoms with Gasteiger partial charge in [-0.15, -0.1) is 11.3 Å². The van der Waals surface area contributed by atoms with Crippen molar-refractivity contribution < 1.29 is 5.11 Å². The van der Waals surface area contributed by atoms with E-state index in [1.807, 2.05) is 0 Å². The van der Waals surface area contributed by atoms with Crippen LogP contribution in [0.4, 0.5) is 0 Å². The first-order valence-electron chi connectivity index (χ1n) is 7.25. The van der Waals surface area contributed by atoms with Crippen molar-refractivity contribution in [3.05, 3.63) is 21.9 Å². The molecule has 1 atom stereocenters. The first kappa shape index (κ1) is 15.5. The molecule has 0 amide bonds. The van der Waals surface area contributed by atoms with Crippen molar-refractivity contribution in [3.63, 3.8) is 0 Å². The quantitative estimate of drug-likeness (QED) is 0.863. The van der Waals surface area contributed by atoms with Crippen LogP contribution >= 0.6 is 11.3 Å². The van der Waals surface area contributed by atoms with Crippen molar-refractivity contribution >= 4 is 11.3 Å². The smallest absolute Gasteiger partial charge is 0.104 e. The Morgan fingerprint density at radius 2 is 2.25 bits per heavy atom. The SMILES string of the molecule is CC(C)N1CCN(Cc2cc(C#CCO)cs2)C[C@H]1C. The number of hydrogen-bond donors (Lipinski definition) is 1. The molecule has 1 aliphatic rings. The van der Waals surface area contributed by atoms with Gasteiger partial charge in [0, 0.05) is 54.1 Å². The summed E-state index contributed by atoms with van der Waals surface area (Å²) in [6.45, 7) is 11.2. The fourth-order valence-electron chi connectivity index (χ4n) is 2.85. The molecule has 110 valence electrons. The van der Waals surface area contributed by atoms with Crippen LogP contribution in [0.2, 0.25) is 0 Å². The van der Waals surface area contributed by atoms with Crippen LogP contribution in [0.1, 0.15) is 31.2 Å². The van der Waals surface area contributed by atoms with E-state index in [1.54, 1.807) is 11.3 Å². The molecule has 20 heavy (non-hydrogen) atoms. The van der Waals surface area contributed by atoms with Gasteiger partial charge in [-0.2, -0.15) is 0 Å². The van der Waals surface area contributed by atoms with Crippen LogP contribution in [0.25, 0.3) is 0 Å². The van der Waals surface area contributed by atoms with Gasteiger partial charge in [0.05, 0.1) is 0 Å². The lowest BCUT2D eigenvalue weighted by Crippen LogP contribution is -2.53. The number of thiophene rings is 1. The highest BCUT2D eigenvalue weighted by Crippen LogP contribution is 2.19. The molecule has 4 heteroatoms. The van der Waals surface area contributed by atoms with Gasteiger partial charge in [-0.1, -0.05) is 11.8 Å². The van der Waals surface area contributed by atoms with Crippen molar-refractivity contribution in [1.29, 1.82) is 0 Å². The lowest BCUT2D eigenvalue weighted by molar-refractivity contribution is 0.0569. The van der Waals surface area contributed by atoms with Crippen LogP contribution in [0, 0.1) is 11.8 Å². The van der Waals surface area contributed by atoms with Crippen LogP contribution in [-0.4, -0.2) is 53.2 Å². The van der Waals surface area contributed by atoms with Crippen molar-refractivity contribution in [3.8, 4) is 11.8 Å². The zero-order valence-corrected chi connectivity index (χ0v) is 13.4. The first-order chi connectivity index (χ1) is 9.60. The number of rotatable bonds is 3. The highest BCUT2D eigenvalue weighted by atomic mass is 32.1. The first-order valence-corrected chi connectivity index (χ1v) is 8.13. The summed E-state index contributed by atoms with van der Waals surface area (Å²) >= 11 is 1.76. The topological polar surface area (TPSA) is 26.7 Å². The van der Waals surface area contributed by atoms with E-state index in [1.165, 1.54) is 4.88 Å². The summed E-state index contributed by atoms with van der Waals surface area (Å²) in [6.07, 6.45) is 0. The minimum atomic E-state index is -0.0696. The van der Waals surface area contributed by atoms with E-state index in [0.29, 0.717) is 12.1 Å². The van der Waals surface area contributed by atoms with E-state index >= 15 is 0 Å². The zero-order chi connectivity index (χ0) is 14.5. The fraction of sp³-hybridized carbons (Fsp3) is 0.625. The van der Waals surface area contributed by atoms with Crippen LogP contribution in [0.15, 0.2) is 11.4 Å². The van der Waals surface area contributed by atoms with Crippen molar-refractivity contribution in [2.45, 2.75) is 39.4 Å². The molecule has 2 heterocycles. The third-order valence-electron chi connectivity index (χ3n) is 3.77. The second kappa shape index (κ2) is 7.24. The monoisotopic (exact) mass is 292 g/mol. The molecule has 1 aromatic heterocycles. The third kappa shape index (κ3) is 4.07. The Morgan fingerprint density at radius 1 is 1.45 bits per heavy atom. The predicted molar refractivity (Wildman–Crippen MR) is 84.9 cm³/mol. The normalized spacial score (nSPS) is 20.9. The molecule has 1 aliphatic heterocycles. The minimum Gasteiger partial charge on any atom is -0.384 e. The van der Waals surface area contributed by atoms with Gasteiger partial charge in [-0.3, -0.25) is 9.80 Å². The summed E-state index contributed by atoms with van der Waals surface area (Å²) in [5.74, 6) is 5.67. The maximum Gasteiger partial charge on any atom is 0.104 e. The summed E-state index contributed by atoms with van der Waals surface area (Å²) in [7, 11) is 0. The number of piperazine rings is 1. The van der Waals surface area contributed by atoms with Gasteiger partial charge < -0.3 is 5.11 Å². The van der Waals surface area contributed by atoms with Gasteiger partial charge in [-0.05, 0) is 26.8 Å². The highest BCUT2D eigenvalue weighted by molar-refractivity contribution is 7.10. The van der Waals surface area contributed by atoms with Crippen molar-refractivity contribution in [2.75, 3.05) is 26.2 Å². The highest BCUT2D eigenvalue weighted by Gasteiger charge is 2.25. The number of aliphatic hydroxyl groups excluding tert-OH is 1. The molecule has 1 N–H and O–H groups in total. The lowest BCUT2D eigenvalue weighted by atomic mass is 10.1. The maximum absolute atomic E-state index is 8.71. The second-order valence-electron chi connectivity index (χ2n) is 5.68.